The summed E-state index contributed by atoms with van der Waals surface area (Å²) >= 11 is 0. The van der Waals surface area contributed by atoms with Gasteiger partial charge in [-0.05, 0) is 18.8 Å². The summed E-state index contributed by atoms with van der Waals surface area (Å²) in [6.07, 6.45) is 4.14. The van der Waals surface area contributed by atoms with Crippen molar-refractivity contribution in [2.45, 2.75) is 44.2 Å². The number of aromatic nitrogens is 2. The molecule has 1 saturated carbocycles. The predicted molar refractivity (Wildman–Crippen MR) is 88.7 cm³/mol. The highest BCUT2D eigenvalue weighted by Crippen LogP contribution is 2.28. The summed E-state index contributed by atoms with van der Waals surface area (Å²) in [5.74, 6) is 0.0806. The van der Waals surface area contributed by atoms with E-state index < -0.39 is 23.4 Å². The summed E-state index contributed by atoms with van der Waals surface area (Å²) < 4.78 is 2.01. The molecule has 3 N–H and O–H groups in total. The molecule has 1 aliphatic carbocycles. The highest BCUT2D eigenvalue weighted by Gasteiger charge is 2.30. The molecule has 2 rings (SSSR count). The van der Waals surface area contributed by atoms with Gasteiger partial charge in [-0.15, -0.1) is 0 Å². The van der Waals surface area contributed by atoms with Crippen LogP contribution in [-0.4, -0.2) is 38.1 Å². The predicted octanol–water partition coefficient (Wildman–Crippen LogP) is -0.330. The number of hydrogen-bond donors (Lipinski definition) is 3. The molecule has 0 aliphatic heterocycles. The van der Waals surface area contributed by atoms with E-state index in [4.69, 9.17) is 0 Å². The maximum Gasteiger partial charge on any atom is 0.332 e. The second kappa shape index (κ2) is 7.64. The van der Waals surface area contributed by atoms with Gasteiger partial charge in [0.25, 0.3) is 5.56 Å². The number of anilines is 1. The second-order valence-electron chi connectivity index (χ2n) is 6.36. The summed E-state index contributed by atoms with van der Waals surface area (Å²) in [5.41, 5.74) is -1.49. The SMILES string of the molecule is Cn1c(N[C@@H](CO)[C@@H](O)C2CCCCC2)c(C#N)c(=O)n(C)c1=O. The van der Waals surface area contributed by atoms with Crippen LogP contribution in [-0.2, 0) is 14.1 Å². The van der Waals surface area contributed by atoms with Gasteiger partial charge in [0.05, 0.1) is 18.8 Å². The maximum absolute atomic E-state index is 12.1. The van der Waals surface area contributed by atoms with E-state index >= 15 is 0 Å². The Balaban J connectivity index is 2.36. The van der Waals surface area contributed by atoms with Gasteiger partial charge in [0, 0.05) is 14.1 Å². The van der Waals surface area contributed by atoms with Crippen LogP contribution < -0.4 is 16.6 Å². The van der Waals surface area contributed by atoms with Crippen molar-refractivity contribution in [3.8, 4) is 6.07 Å². The third-order valence-electron chi connectivity index (χ3n) is 4.84. The van der Waals surface area contributed by atoms with E-state index in [-0.39, 0.29) is 23.9 Å². The molecule has 0 saturated heterocycles. The van der Waals surface area contributed by atoms with Crippen molar-refractivity contribution in [1.82, 2.24) is 9.13 Å². The Hall–Kier alpha value is -2.11. The first-order valence-corrected chi connectivity index (χ1v) is 8.18. The van der Waals surface area contributed by atoms with Gasteiger partial charge < -0.3 is 15.5 Å². The number of aliphatic hydroxyl groups is 2. The molecule has 0 amide bonds. The van der Waals surface area contributed by atoms with Gasteiger partial charge >= 0.3 is 5.69 Å². The molecule has 132 valence electrons. The minimum absolute atomic E-state index is 0.0273. The molecule has 0 aromatic carbocycles. The summed E-state index contributed by atoms with van der Waals surface area (Å²) in [7, 11) is 2.74. The molecule has 1 aromatic heterocycles. The van der Waals surface area contributed by atoms with Gasteiger partial charge in [-0.2, -0.15) is 5.26 Å². The minimum Gasteiger partial charge on any atom is -0.394 e. The first kappa shape index (κ1) is 18.2. The largest absolute Gasteiger partial charge is 0.394 e. The molecule has 8 nitrogen and oxygen atoms in total. The first-order chi connectivity index (χ1) is 11.4. The van der Waals surface area contributed by atoms with Crippen LogP contribution in [0.25, 0.3) is 0 Å². The van der Waals surface area contributed by atoms with Crippen molar-refractivity contribution >= 4 is 5.82 Å². The van der Waals surface area contributed by atoms with Crippen LogP contribution in [0.4, 0.5) is 5.82 Å². The van der Waals surface area contributed by atoms with E-state index in [0.29, 0.717) is 0 Å². The fraction of sp³-hybridized carbons (Fsp3) is 0.688. The number of aliphatic hydroxyl groups excluding tert-OH is 2. The molecule has 8 heteroatoms. The van der Waals surface area contributed by atoms with E-state index in [2.05, 4.69) is 5.32 Å². The summed E-state index contributed by atoms with van der Waals surface area (Å²) in [4.78, 5) is 24.2. The monoisotopic (exact) mass is 336 g/mol. The lowest BCUT2D eigenvalue weighted by molar-refractivity contribution is 0.0491. The Morgan fingerprint density at radius 1 is 1.25 bits per heavy atom. The van der Waals surface area contributed by atoms with E-state index in [1.54, 1.807) is 6.07 Å². The Bertz CT molecular complexity index is 740. The van der Waals surface area contributed by atoms with Crippen molar-refractivity contribution in [2.75, 3.05) is 11.9 Å². The van der Waals surface area contributed by atoms with E-state index in [1.165, 1.54) is 14.1 Å². The highest BCUT2D eigenvalue weighted by molar-refractivity contribution is 5.52. The number of nitrogens with zero attached hydrogens (tertiary/aromatic N) is 3. The molecule has 1 aliphatic rings. The zero-order chi connectivity index (χ0) is 17.9. The average Bonchev–Trinajstić information content (AvgIpc) is 2.62. The normalized spacial score (nSPS) is 18.0. The molecule has 1 heterocycles. The maximum atomic E-state index is 12.1. The van der Waals surface area contributed by atoms with Gasteiger partial charge in [-0.25, -0.2) is 4.79 Å². The van der Waals surface area contributed by atoms with Crippen LogP contribution in [0, 0.1) is 17.2 Å². The van der Waals surface area contributed by atoms with Gasteiger partial charge in [0.1, 0.15) is 11.9 Å². The van der Waals surface area contributed by atoms with Crippen molar-refractivity contribution < 1.29 is 10.2 Å². The van der Waals surface area contributed by atoms with Crippen molar-refractivity contribution in [1.29, 1.82) is 5.26 Å². The molecular formula is C16H24N4O4. The molecule has 0 spiro atoms. The van der Waals surface area contributed by atoms with E-state index in [9.17, 15) is 25.1 Å². The third kappa shape index (κ3) is 3.37. The number of hydrogen-bond acceptors (Lipinski definition) is 6. The fourth-order valence-corrected chi connectivity index (χ4v) is 3.33. The molecule has 0 unspecified atom stereocenters. The molecule has 1 aromatic rings. The standard InChI is InChI=1S/C16H24N4O4/c1-19-14(11(8-17)15(23)20(2)16(19)24)18-12(9-21)13(22)10-6-4-3-5-7-10/h10,12-13,18,21-22H,3-7,9H2,1-2H3/t12-,13-/m0/s1. The van der Waals surface area contributed by atoms with E-state index in [1.807, 2.05) is 0 Å². The van der Waals surface area contributed by atoms with Crippen molar-refractivity contribution in [2.24, 2.45) is 20.0 Å². The third-order valence-corrected chi connectivity index (χ3v) is 4.84. The van der Waals surface area contributed by atoms with Crippen molar-refractivity contribution in [3.63, 3.8) is 0 Å². The van der Waals surface area contributed by atoms with Gasteiger partial charge in [-0.3, -0.25) is 13.9 Å². The minimum atomic E-state index is -0.819. The summed E-state index contributed by atoms with van der Waals surface area (Å²) in [6, 6.07) is 1.05. The molecule has 1 fully saturated rings. The smallest absolute Gasteiger partial charge is 0.332 e. The topological polar surface area (TPSA) is 120 Å². The summed E-state index contributed by atoms with van der Waals surface area (Å²) in [5, 5.41) is 32.3. The fourth-order valence-electron chi connectivity index (χ4n) is 3.33. The van der Waals surface area contributed by atoms with E-state index in [0.717, 1.165) is 41.2 Å². The quantitative estimate of drug-likeness (QED) is 0.677. The molecular weight excluding hydrogens is 312 g/mol. The molecule has 0 bridgehead atoms. The number of rotatable bonds is 5. The van der Waals surface area contributed by atoms with Crippen LogP contribution in [0.2, 0.25) is 0 Å². The van der Waals surface area contributed by atoms with Crippen LogP contribution in [0.5, 0.6) is 0 Å². The van der Waals surface area contributed by atoms with Gasteiger partial charge in [-0.1, -0.05) is 19.3 Å². The van der Waals surface area contributed by atoms with Crippen LogP contribution in [0.1, 0.15) is 37.7 Å². The number of nitrogens with one attached hydrogen (secondary N) is 1. The Kier molecular flexibility index (Phi) is 5.80. The van der Waals surface area contributed by atoms with Crippen LogP contribution in [0.15, 0.2) is 9.59 Å². The molecule has 24 heavy (non-hydrogen) atoms. The zero-order valence-electron chi connectivity index (χ0n) is 14.0. The van der Waals surface area contributed by atoms with Gasteiger partial charge in [0.2, 0.25) is 0 Å². The average molecular weight is 336 g/mol. The Morgan fingerprint density at radius 2 is 1.88 bits per heavy atom. The van der Waals surface area contributed by atoms with Crippen LogP contribution >= 0.6 is 0 Å². The lowest BCUT2D eigenvalue weighted by atomic mass is 9.83. The summed E-state index contributed by atoms with van der Waals surface area (Å²) in [6.45, 7) is -0.369. The second-order valence-corrected chi connectivity index (χ2v) is 6.36. The zero-order valence-corrected chi connectivity index (χ0v) is 14.0. The van der Waals surface area contributed by atoms with Crippen molar-refractivity contribution in [3.05, 3.63) is 26.4 Å². The van der Waals surface area contributed by atoms with Gasteiger partial charge in [0.15, 0.2) is 5.56 Å². The van der Waals surface area contributed by atoms with Crippen LogP contribution in [0.3, 0.4) is 0 Å². The molecule has 0 radical (unpaired) electrons. The first-order valence-electron chi connectivity index (χ1n) is 8.18. The molecule has 2 atom stereocenters. The lowest BCUT2D eigenvalue weighted by Crippen LogP contribution is -2.46. The Morgan fingerprint density at radius 3 is 2.42 bits per heavy atom. The Labute approximate surface area is 140 Å². The number of nitriles is 1. The highest BCUT2D eigenvalue weighted by atomic mass is 16.3. The lowest BCUT2D eigenvalue weighted by Gasteiger charge is -2.32.